The van der Waals surface area contributed by atoms with E-state index in [1.54, 1.807) is 6.92 Å². The van der Waals surface area contributed by atoms with Crippen LogP contribution in [0.5, 0.6) is 0 Å². The van der Waals surface area contributed by atoms with Gasteiger partial charge in [-0.3, -0.25) is 0 Å². The van der Waals surface area contributed by atoms with Gasteiger partial charge in [0.1, 0.15) is 0 Å². The average Bonchev–Trinajstić information content (AvgIpc) is 1.30. The van der Waals surface area contributed by atoms with Crippen molar-refractivity contribution in [2.75, 3.05) is 13.3 Å². The Kier molecular flexibility index (Phi) is 3.00. The summed E-state index contributed by atoms with van der Waals surface area (Å²) in [5, 5.41) is 0. The molecule has 0 aliphatic heterocycles. The third-order valence-corrected chi connectivity index (χ3v) is 1.42. The van der Waals surface area contributed by atoms with Crippen LogP contribution in [-0.4, -0.2) is 18.2 Å². The smallest absolute Gasteiger partial charge is 0.183 e. The summed E-state index contributed by atoms with van der Waals surface area (Å²) in [4.78, 5) is 8.72. The summed E-state index contributed by atoms with van der Waals surface area (Å²) in [5.74, 6) is 0. The standard InChI is InChI=1S/C3H9O2PS/c1-3-5-6(2,4)7/h3H2,1-2H3,(H,4,7). The topological polar surface area (TPSA) is 29.5 Å². The lowest BCUT2D eigenvalue weighted by Gasteiger charge is -2.05. The predicted octanol–water partition coefficient (Wildman–Crippen LogP) is 0.954. The summed E-state index contributed by atoms with van der Waals surface area (Å²) in [5.41, 5.74) is 0. The first-order valence-electron chi connectivity index (χ1n) is 2.01. The molecule has 44 valence electrons. The van der Waals surface area contributed by atoms with Crippen molar-refractivity contribution in [2.24, 2.45) is 0 Å². The van der Waals surface area contributed by atoms with Gasteiger partial charge >= 0.3 is 0 Å². The maximum Gasteiger partial charge on any atom is 0.183 e. The Hall–Kier alpha value is 0.570. The highest BCUT2D eigenvalue weighted by Gasteiger charge is 1.99. The summed E-state index contributed by atoms with van der Waals surface area (Å²) in [6.07, 6.45) is 0. The van der Waals surface area contributed by atoms with Crippen molar-refractivity contribution in [3.63, 3.8) is 0 Å². The molecule has 0 saturated carbocycles. The lowest BCUT2D eigenvalue weighted by Crippen LogP contribution is -1.83. The van der Waals surface area contributed by atoms with E-state index in [4.69, 9.17) is 9.42 Å². The SMILES string of the molecule is CCOP(C)(O)=S. The minimum absolute atomic E-state index is 0.504. The second kappa shape index (κ2) is 2.78. The van der Waals surface area contributed by atoms with E-state index in [0.717, 1.165) is 0 Å². The molecule has 0 aliphatic carbocycles. The zero-order valence-electron chi connectivity index (χ0n) is 4.42. The summed E-state index contributed by atoms with van der Waals surface area (Å²) in [6.45, 7) is 1.51. The summed E-state index contributed by atoms with van der Waals surface area (Å²) >= 11 is 4.53. The van der Waals surface area contributed by atoms with Crippen LogP contribution in [0.4, 0.5) is 0 Å². The molecule has 0 fully saturated rings. The van der Waals surface area contributed by atoms with Crippen molar-refractivity contribution in [2.45, 2.75) is 6.92 Å². The highest BCUT2D eigenvalue weighted by atomic mass is 32.5. The fourth-order valence-electron chi connectivity index (χ4n) is 0.240. The number of hydrogen-bond acceptors (Lipinski definition) is 2. The molecule has 7 heavy (non-hydrogen) atoms. The molecule has 0 rings (SSSR count). The molecule has 0 aromatic carbocycles. The Morgan fingerprint density at radius 2 is 2.29 bits per heavy atom. The molecule has 1 unspecified atom stereocenters. The second-order valence-corrected chi connectivity index (χ2v) is 5.12. The minimum Gasteiger partial charge on any atom is -0.345 e. The molecule has 0 aromatic heterocycles. The van der Waals surface area contributed by atoms with E-state index in [1.165, 1.54) is 6.66 Å². The van der Waals surface area contributed by atoms with E-state index < -0.39 is 6.49 Å². The Morgan fingerprint density at radius 3 is 2.29 bits per heavy atom. The van der Waals surface area contributed by atoms with Crippen LogP contribution in [0.25, 0.3) is 0 Å². The van der Waals surface area contributed by atoms with E-state index in [0.29, 0.717) is 6.61 Å². The monoisotopic (exact) mass is 140 g/mol. The van der Waals surface area contributed by atoms with Gasteiger partial charge in [-0.1, -0.05) is 0 Å². The first-order valence-corrected chi connectivity index (χ1v) is 5.13. The van der Waals surface area contributed by atoms with Gasteiger partial charge in [-0.05, 0) is 18.7 Å². The summed E-state index contributed by atoms with van der Waals surface area (Å²) in [6, 6.07) is 0. The van der Waals surface area contributed by atoms with Gasteiger partial charge in [-0.2, -0.15) is 0 Å². The van der Waals surface area contributed by atoms with Gasteiger partial charge in [-0.15, -0.1) is 0 Å². The van der Waals surface area contributed by atoms with Crippen LogP contribution in [0.2, 0.25) is 0 Å². The largest absolute Gasteiger partial charge is 0.345 e. The van der Waals surface area contributed by atoms with Gasteiger partial charge in [0.15, 0.2) is 6.49 Å². The minimum atomic E-state index is -2.33. The fourth-order valence-corrected chi connectivity index (χ4v) is 1.03. The lowest BCUT2D eigenvalue weighted by molar-refractivity contribution is 0.331. The Balaban J connectivity index is 3.36. The molecular formula is C3H9O2PS. The Morgan fingerprint density at radius 1 is 1.86 bits per heavy atom. The highest BCUT2D eigenvalue weighted by molar-refractivity contribution is 8.09. The molecule has 4 heteroatoms. The van der Waals surface area contributed by atoms with Crippen molar-refractivity contribution in [1.29, 1.82) is 0 Å². The lowest BCUT2D eigenvalue weighted by atomic mass is 10.9. The predicted molar refractivity (Wildman–Crippen MR) is 34.1 cm³/mol. The van der Waals surface area contributed by atoms with Crippen LogP contribution in [0.3, 0.4) is 0 Å². The van der Waals surface area contributed by atoms with Crippen LogP contribution in [0.1, 0.15) is 6.92 Å². The Bertz CT molecular complexity index is 86.9. The molecule has 0 aliphatic rings. The summed E-state index contributed by atoms with van der Waals surface area (Å²) in [7, 11) is 0. The van der Waals surface area contributed by atoms with E-state index in [9.17, 15) is 0 Å². The fraction of sp³-hybridized carbons (Fsp3) is 1.00. The summed E-state index contributed by atoms with van der Waals surface area (Å²) < 4.78 is 4.71. The average molecular weight is 140 g/mol. The first-order chi connectivity index (χ1) is 3.06. The third-order valence-electron chi connectivity index (χ3n) is 0.369. The van der Waals surface area contributed by atoms with Gasteiger partial charge in [0.05, 0.1) is 6.61 Å². The van der Waals surface area contributed by atoms with Crippen LogP contribution in [0.15, 0.2) is 0 Å². The zero-order valence-corrected chi connectivity index (χ0v) is 6.13. The normalized spacial score (nSPS) is 18.7. The number of rotatable bonds is 2. The second-order valence-electron chi connectivity index (χ2n) is 1.22. The molecular weight excluding hydrogens is 131 g/mol. The van der Waals surface area contributed by atoms with Crippen molar-refractivity contribution >= 4 is 18.3 Å². The van der Waals surface area contributed by atoms with E-state index in [2.05, 4.69) is 11.8 Å². The quantitative estimate of drug-likeness (QED) is 0.579. The zero-order chi connectivity index (χ0) is 5.91. The molecule has 2 nitrogen and oxygen atoms in total. The van der Waals surface area contributed by atoms with Gasteiger partial charge in [0, 0.05) is 6.66 Å². The van der Waals surface area contributed by atoms with Crippen LogP contribution in [0, 0.1) is 0 Å². The van der Waals surface area contributed by atoms with Crippen LogP contribution in [-0.2, 0) is 16.3 Å². The van der Waals surface area contributed by atoms with Crippen molar-refractivity contribution in [1.82, 2.24) is 0 Å². The van der Waals surface area contributed by atoms with E-state index >= 15 is 0 Å². The van der Waals surface area contributed by atoms with Gasteiger partial charge in [0.25, 0.3) is 0 Å². The van der Waals surface area contributed by atoms with E-state index in [1.807, 2.05) is 0 Å². The third kappa shape index (κ3) is 6.57. The maximum atomic E-state index is 8.72. The molecule has 0 saturated heterocycles. The molecule has 0 heterocycles. The highest BCUT2D eigenvalue weighted by Crippen LogP contribution is 2.36. The van der Waals surface area contributed by atoms with Crippen molar-refractivity contribution < 1.29 is 9.42 Å². The van der Waals surface area contributed by atoms with Crippen molar-refractivity contribution in [3.05, 3.63) is 0 Å². The van der Waals surface area contributed by atoms with Crippen LogP contribution >= 0.6 is 6.49 Å². The van der Waals surface area contributed by atoms with Crippen molar-refractivity contribution in [3.8, 4) is 0 Å². The molecule has 0 spiro atoms. The molecule has 1 atom stereocenters. The van der Waals surface area contributed by atoms with Gasteiger partial charge < -0.3 is 9.42 Å². The maximum absolute atomic E-state index is 8.72. The Labute approximate surface area is 48.7 Å². The number of hydrogen-bond donors (Lipinski definition) is 1. The van der Waals surface area contributed by atoms with Gasteiger partial charge in [0.2, 0.25) is 0 Å². The molecule has 0 radical (unpaired) electrons. The van der Waals surface area contributed by atoms with Crippen LogP contribution < -0.4 is 0 Å². The molecule has 0 aromatic rings. The molecule has 1 N–H and O–H groups in total. The van der Waals surface area contributed by atoms with Gasteiger partial charge in [-0.25, -0.2) is 0 Å². The molecule has 0 amide bonds. The molecule has 0 bridgehead atoms. The first kappa shape index (κ1) is 7.57. The van der Waals surface area contributed by atoms with E-state index in [-0.39, 0.29) is 0 Å².